The lowest BCUT2D eigenvalue weighted by molar-refractivity contribution is 0.482. The molecule has 1 aromatic rings. The van der Waals surface area contributed by atoms with Crippen LogP contribution in [0.2, 0.25) is 0 Å². The summed E-state index contributed by atoms with van der Waals surface area (Å²) in [6.45, 7) is 9.91. The average Bonchev–Trinajstić information content (AvgIpc) is 2.31. The molecule has 18 heavy (non-hydrogen) atoms. The zero-order valence-electron chi connectivity index (χ0n) is 12.6. The SMILES string of the molecule is CCCCCCC(C)NCc1cc(C)cc(C)c1. The standard InChI is InChI=1S/C17H29N/c1-5-6-7-8-9-16(4)18-13-17-11-14(2)10-15(3)12-17/h10-12,16,18H,5-9,13H2,1-4H3. The van der Waals surface area contributed by atoms with Crippen molar-refractivity contribution in [2.45, 2.75) is 72.4 Å². The minimum absolute atomic E-state index is 0.627. The van der Waals surface area contributed by atoms with Gasteiger partial charge in [-0.15, -0.1) is 0 Å². The first-order chi connectivity index (χ1) is 8.61. The zero-order valence-corrected chi connectivity index (χ0v) is 12.6. The molecule has 1 aromatic carbocycles. The van der Waals surface area contributed by atoms with Gasteiger partial charge in [-0.25, -0.2) is 0 Å². The lowest BCUT2D eigenvalue weighted by atomic mass is 10.1. The molecule has 1 unspecified atom stereocenters. The fraction of sp³-hybridized carbons (Fsp3) is 0.647. The average molecular weight is 247 g/mol. The van der Waals surface area contributed by atoms with Crippen molar-refractivity contribution in [2.24, 2.45) is 0 Å². The Labute approximate surface area is 113 Å². The van der Waals surface area contributed by atoms with Crippen molar-refractivity contribution in [3.63, 3.8) is 0 Å². The lowest BCUT2D eigenvalue weighted by Gasteiger charge is -2.14. The molecule has 0 spiro atoms. The Morgan fingerprint density at radius 1 is 1.00 bits per heavy atom. The molecule has 1 atom stereocenters. The van der Waals surface area contributed by atoms with E-state index in [2.05, 4.69) is 51.2 Å². The van der Waals surface area contributed by atoms with Gasteiger partial charge in [0.15, 0.2) is 0 Å². The van der Waals surface area contributed by atoms with E-state index >= 15 is 0 Å². The van der Waals surface area contributed by atoms with Crippen molar-refractivity contribution in [3.05, 3.63) is 34.9 Å². The summed E-state index contributed by atoms with van der Waals surface area (Å²) in [5.74, 6) is 0. The van der Waals surface area contributed by atoms with Gasteiger partial charge in [-0.05, 0) is 32.8 Å². The van der Waals surface area contributed by atoms with Crippen molar-refractivity contribution in [2.75, 3.05) is 0 Å². The summed E-state index contributed by atoms with van der Waals surface area (Å²) in [5, 5.41) is 3.63. The molecule has 1 rings (SSSR count). The molecule has 0 aliphatic heterocycles. The van der Waals surface area contributed by atoms with E-state index in [-0.39, 0.29) is 0 Å². The molecule has 0 fully saturated rings. The van der Waals surface area contributed by atoms with E-state index in [0.29, 0.717) is 6.04 Å². The van der Waals surface area contributed by atoms with E-state index < -0.39 is 0 Å². The third-order valence-electron chi connectivity index (χ3n) is 3.43. The Balaban J connectivity index is 2.26. The molecule has 1 nitrogen and oxygen atoms in total. The fourth-order valence-electron chi connectivity index (χ4n) is 2.44. The first-order valence-corrected chi connectivity index (χ1v) is 7.42. The van der Waals surface area contributed by atoms with E-state index in [1.54, 1.807) is 0 Å². The van der Waals surface area contributed by atoms with Crippen LogP contribution in [0.3, 0.4) is 0 Å². The molecular formula is C17H29N. The van der Waals surface area contributed by atoms with Gasteiger partial charge >= 0.3 is 0 Å². The topological polar surface area (TPSA) is 12.0 Å². The van der Waals surface area contributed by atoms with Gasteiger partial charge in [0.1, 0.15) is 0 Å². The van der Waals surface area contributed by atoms with Crippen LogP contribution in [-0.2, 0) is 6.54 Å². The molecule has 1 N–H and O–H groups in total. The molecule has 0 heterocycles. The van der Waals surface area contributed by atoms with Crippen LogP contribution in [0.1, 0.15) is 62.6 Å². The highest BCUT2D eigenvalue weighted by atomic mass is 14.9. The maximum absolute atomic E-state index is 3.63. The van der Waals surface area contributed by atoms with Gasteiger partial charge in [-0.3, -0.25) is 0 Å². The van der Waals surface area contributed by atoms with Crippen LogP contribution in [0.4, 0.5) is 0 Å². The normalized spacial score (nSPS) is 12.7. The number of aryl methyl sites for hydroxylation is 2. The van der Waals surface area contributed by atoms with E-state index in [4.69, 9.17) is 0 Å². The maximum atomic E-state index is 3.63. The van der Waals surface area contributed by atoms with Gasteiger partial charge in [-0.1, -0.05) is 61.9 Å². The summed E-state index contributed by atoms with van der Waals surface area (Å²) in [5.41, 5.74) is 4.14. The first-order valence-electron chi connectivity index (χ1n) is 7.42. The van der Waals surface area contributed by atoms with Crippen LogP contribution in [0.25, 0.3) is 0 Å². The molecule has 0 aromatic heterocycles. The molecule has 0 saturated heterocycles. The summed E-state index contributed by atoms with van der Waals surface area (Å²) < 4.78 is 0. The van der Waals surface area contributed by atoms with E-state index in [1.165, 1.54) is 48.8 Å². The number of hydrogen-bond acceptors (Lipinski definition) is 1. The highest BCUT2D eigenvalue weighted by Crippen LogP contribution is 2.10. The monoisotopic (exact) mass is 247 g/mol. The second kappa shape index (κ2) is 8.31. The number of nitrogens with one attached hydrogen (secondary N) is 1. The fourth-order valence-corrected chi connectivity index (χ4v) is 2.44. The van der Waals surface area contributed by atoms with E-state index in [9.17, 15) is 0 Å². The highest BCUT2D eigenvalue weighted by molar-refractivity contribution is 5.28. The quantitative estimate of drug-likeness (QED) is 0.654. The van der Waals surface area contributed by atoms with Crippen LogP contribution in [0, 0.1) is 13.8 Å². The minimum Gasteiger partial charge on any atom is -0.310 e. The van der Waals surface area contributed by atoms with Crippen molar-refractivity contribution in [1.29, 1.82) is 0 Å². The van der Waals surface area contributed by atoms with Crippen LogP contribution < -0.4 is 5.32 Å². The molecule has 1 heteroatoms. The zero-order chi connectivity index (χ0) is 13.4. The predicted octanol–water partition coefficient (Wildman–Crippen LogP) is 4.75. The van der Waals surface area contributed by atoms with Crippen molar-refractivity contribution < 1.29 is 0 Å². The van der Waals surface area contributed by atoms with Crippen LogP contribution >= 0.6 is 0 Å². The predicted molar refractivity (Wildman–Crippen MR) is 81.0 cm³/mol. The Morgan fingerprint density at radius 3 is 2.28 bits per heavy atom. The van der Waals surface area contributed by atoms with Gasteiger partial charge in [0.2, 0.25) is 0 Å². The molecule has 0 aliphatic carbocycles. The maximum Gasteiger partial charge on any atom is 0.0208 e. The Bertz CT molecular complexity index is 323. The Hall–Kier alpha value is -0.820. The van der Waals surface area contributed by atoms with Gasteiger partial charge in [0.05, 0.1) is 0 Å². The summed E-state index contributed by atoms with van der Waals surface area (Å²) in [7, 11) is 0. The molecule has 0 amide bonds. The van der Waals surface area contributed by atoms with E-state index in [0.717, 1.165) is 6.54 Å². The molecular weight excluding hydrogens is 218 g/mol. The highest BCUT2D eigenvalue weighted by Gasteiger charge is 2.02. The van der Waals surface area contributed by atoms with Crippen LogP contribution in [0.15, 0.2) is 18.2 Å². The number of benzene rings is 1. The largest absolute Gasteiger partial charge is 0.310 e. The second-order valence-corrected chi connectivity index (χ2v) is 5.63. The lowest BCUT2D eigenvalue weighted by Crippen LogP contribution is -2.25. The first kappa shape index (κ1) is 15.2. The van der Waals surface area contributed by atoms with E-state index in [1.807, 2.05) is 0 Å². The summed E-state index contributed by atoms with van der Waals surface area (Å²) in [4.78, 5) is 0. The summed E-state index contributed by atoms with van der Waals surface area (Å²) in [6.07, 6.45) is 6.74. The van der Waals surface area contributed by atoms with Crippen molar-refractivity contribution in [1.82, 2.24) is 5.32 Å². The molecule has 0 saturated carbocycles. The molecule has 102 valence electrons. The molecule has 0 bridgehead atoms. The van der Waals surface area contributed by atoms with Gasteiger partial charge < -0.3 is 5.32 Å². The second-order valence-electron chi connectivity index (χ2n) is 5.63. The third kappa shape index (κ3) is 6.20. The molecule has 0 aliphatic rings. The van der Waals surface area contributed by atoms with Gasteiger partial charge in [-0.2, -0.15) is 0 Å². The minimum atomic E-state index is 0.627. The number of unbranched alkanes of at least 4 members (excludes halogenated alkanes) is 3. The number of hydrogen-bond donors (Lipinski definition) is 1. The van der Waals surface area contributed by atoms with Crippen LogP contribution in [-0.4, -0.2) is 6.04 Å². The summed E-state index contributed by atoms with van der Waals surface area (Å²) >= 11 is 0. The van der Waals surface area contributed by atoms with Gasteiger partial charge in [0, 0.05) is 12.6 Å². The Kier molecular flexibility index (Phi) is 7.04. The molecule has 0 radical (unpaired) electrons. The van der Waals surface area contributed by atoms with Crippen molar-refractivity contribution >= 4 is 0 Å². The Morgan fingerprint density at radius 2 is 1.67 bits per heavy atom. The third-order valence-corrected chi connectivity index (χ3v) is 3.43. The van der Waals surface area contributed by atoms with Crippen molar-refractivity contribution in [3.8, 4) is 0 Å². The summed E-state index contributed by atoms with van der Waals surface area (Å²) in [6, 6.07) is 7.42. The number of rotatable bonds is 8. The van der Waals surface area contributed by atoms with Gasteiger partial charge in [0.25, 0.3) is 0 Å². The smallest absolute Gasteiger partial charge is 0.0208 e. The van der Waals surface area contributed by atoms with Crippen LogP contribution in [0.5, 0.6) is 0 Å².